The van der Waals surface area contributed by atoms with Crippen LogP contribution in [0, 0.1) is 6.92 Å². The van der Waals surface area contributed by atoms with Crippen LogP contribution in [0.25, 0.3) is 0 Å². The molecule has 21 heavy (non-hydrogen) atoms. The molecule has 2 aromatic rings. The van der Waals surface area contributed by atoms with Gasteiger partial charge in [0, 0.05) is 36.8 Å². The second-order valence-corrected chi connectivity index (χ2v) is 5.92. The van der Waals surface area contributed by atoms with Crippen LogP contribution in [-0.2, 0) is 0 Å². The maximum Gasteiger partial charge on any atom is 0.257 e. The summed E-state index contributed by atoms with van der Waals surface area (Å²) in [7, 11) is 0. The number of aromatic nitrogens is 1. The summed E-state index contributed by atoms with van der Waals surface area (Å²) < 4.78 is 6.17. The van der Waals surface area contributed by atoms with Crippen molar-refractivity contribution in [1.29, 1.82) is 0 Å². The van der Waals surface area contributed by atoms with Gasteiger partial charge in [-0.25, -0.2) is 4.98 Å². The maximum absolute atomic E-state index is 12.4. The first kappa shape index (κ1) is 14.1. The van der Waals surface area contributed by atoms with Gasteiger partial charge in [0.2, 0.25) is 0 Å². The fourth-order valence-electron chi connectivity index (χ4n) is 2.47. The minimum Gasteiger partial charge on any atom is -0.469 e. The molecule has 0 radical (unpaired) electrons. The smallest absolute Gasteiger partial charge is 0.257 e. The monoisotopic (exact) mass is 349 g/mol. The van der Waals surface area contributed by atoms with Crippen LogP contribution in [0.15, 0.2) is 39.5 Å². The number of halogens is 1. The van der Waals surface area contributed by atoms with Gasteiger partial charge in [0.05, 0.1) is 11.8 Å². The van der Waals surface area contributed by atoms with Crippen LogP contribution in [0.1, 0.15) is 16.1 Å². The topological polar surface area (TPSA) is 49.6 Å². The van der Waals surface area contributed by atoms with Crippen LogP contribution in [0.2, 0.25) is 0 Å². The van der Waals surface area contributed by atoms with Gasteiger partial charge in [-0.1, -0.05) is 0 Å². The van der Waals surface area contributed by atoms with Gasteiger partial charge in [0.15, 0.2) is 0 Å². The van der Waals surface area contributed by atoms with Crippen LogP contribution in [0.5, 0.6) is 0 Å². The standard InChI is InChI=1S/C15H16BrN3O2/c1-11-13(4-9-21-11)15(20)19-7-5-18(6-8-19)14-3-2-12(16)10-17-14/h2-4,9-10H,5-8H2,1H3. The molecule has 0 aromatic carbocycles. The zero-order valence-corrected chi connectivity index (χ0v) is 13.3. The van der Waals surface area contributed by atoms with Crippen molar-refractivity contribution in [2.24, 2.45) is 0 Å². The Morgan fingerprint density at radius 2 is 2.00 bits per heavy atom. The van der Waals surface area contributed by atoms with E-state index in [1.807, 2.05) is 24.0 Å². The summed E-state index contributed by atoms with van der Waals surface area (Å²) in [4.78, 5) is 20.9. The molecule has 1 saturated heterocycles. The van der Waals surface area contributed by atoms with Gasteiger partial charge < -0.3 is 14.2 Å². The Bertz CT molecular complexity index is 631. The first-order chi connectivity index (χ1) is 10.1. The fraction of sp³-hybridized carbons (Fsp3) is 0.333. The minimum atomic E-state index is 0.0460. The molecule has 3 rings (SSSR count). The average molecular weight is 350 g/mol. The van der Waals surface area contributed by atoms with E-state index in [9.17, 15) is 4.79 Å². The normalized spacial score (nSPS) is 15.3. The van der Waals surface area contributed by atoms with Crippen molar-refractivity contribution in [3.8, 4) is 0 Å². The minimum absolute atomic E-state index is 0.0460. The predicted octanol–water partition coefficient (Wildman–Crippen LogP) is 2.71. The van der Waals surface area contributed by atoms with Crippen molar-refractivity contribution in [3.63, 3.8) is 0 Å². The summed E-state index contributed by atoms with van der Waals surface area (Å²) >= 11 is 3.38. The summed E-state index contributed by atoms with van der Waals surface area (Å²) in [5.41, 5.74) is 0.658. The van der Waals surface area contributed by atoms with Gasteiger partial charge in [0.1, 0.15) is 11.6 Å². The number of rotatable bonds is 2. The van der Waals surface area contributed by atoms with E-state index in [1.54, 1.807) is 18.5 Å². The highest BCUT2D eigenvalue weighted by Gasteiger charge is 2.24. The summed E-state index contributed by atoms with van der Waals surface area (Å²) in [6.45, 7) is 4.78. The molecular formula is C15H16BrN3O2. The molecule has 1 aliphatic rings. The molecule has 0 unspecified atom stereocenters. The molecule has 0 bridgehead atoms. The molecule has 6 heteroatoms. The number of furan rings is 1. The van der Waals surface area contributed by atoms with Gasteiger partial charge in [0.25, 0.3) is 5.91 Å². The number of carbonyl (C=O) groups is 1. The Hall–Kier alpha value is -1.82. The zero-order chi connectivity index (χ0) is 14.8. The number of piperazine rings is 1. The Labute approximate surface area is 131 Å². The van der Waals surface area contributed by atoms with Crippen LogP contribution in [0.3, 0.4) is 0 Å². The largest absolute Gasteiger partial charge is 0.469 e. The lowest BCUT2D eigenvalue weighted by Crippen LogP contribution is -2.49. The molecule has 0 aliphatic carbocycles. The Morgan fingerprint density at radius 3 is 2.57 bits per heavy atom. The summed E-state index contributed by atoms with van der Waals surface area (Å²) in [5, 5.41) is 0. The molecular weight excluding hydrogens is 334 g/mol. The Morgan fingerprint density at radius 1 is 1.24 bits per heavy atom. The highest BCUT2D eigenvalue weighted by molar-refractivity contribution is 9.10. The number of amides is 1. The number of carbonyl (C=O) groups excluding carboxylic acids is 1. The summed E-state index contributed by atoms with van der Waals surface area (Å²) in [6.07, 6.45) is 3.35. The third kappa shape index (κ3) is 2.95. The van der Waals surface area contributed by atoms with Crippen LogP contribution >= 0.6 is 15.9 Å². The molecule has 0 N–H and O–H groups in total. The lowest BCUT2D eigenvalue weighted by atomic mass is 10.2. The molecule has 5 nitrogen and oxygen atoms in total. The lowest BCUT2D eigenvalue weighted by Gasteiger charge is -2.35. The van der Waals surface area contributed by atoms with Crippen molar-refractivity contribution in [2.75, 3.05) is 31.1 Å². The fourth-order valence-corrected chi connectivity index (χ4v) is 2.71. The van der Waals surface area contributed by atoms with E-state index in [4.69, 9.17) is 4.42 Å². The van der Waals surface area contributed by atoms with E-state index in [2.05, 4.69) is 25.8 Å². The second-order valence-electron chi connectivity index (χ2n) is 5.00. The van der Waals surface area contributed by atoms with E-state index in [0.29, 0.717) is 24.4 Å². The molecule has 0 saturated carbocycles. The third-order valence-electron chi connectivity index (χ3n) is 3.69. The van der Waals surface area contributed by atoms with Crippen molar-refractivity contribution < 1.29 is 9.21 Å². The maximum atomic E-state index is 12.4. The Balaban J connectivity index is 1.64. The van der Waals surface area contributed by atoms with E-state index in [0.717, 1.165) is 23.4 Å². The van der Waals surface area contributed by atoms with Gasteiger partial charge in [-0.3, -0.25) is 4.79 Å². The molecule has 110 valence electrons. The molecule has 3 heterocycles. The van der Waals surface area contributed by atoms with Crippen molar-refractivity contribution in [3.05, 3.63) is 46.5 Å². The highest BCUT2D eigenvalue weighted by atomic mass is 79.9. The van der Waals surface area contributed by atoms with E-state index < -0.39 is 0 Å². The predicted molar refractivity (Wildman–Crippen MR) is 83.5 cm³/mol. The SMILES string of the molecule is Cc1occc1C(=O)N1CCN(c2ccc(Br)cn2)CC1. The molecule has 0 spiro atoms. The van der Waals surface area contributed by atoms with Crippen LogP contribution in [-0.4, -0.2) is 42.0 Å². The van der Waals surface area contributed by atoms with Gasteiger partial charge in [-0.05, 0) is 41.1 Å². The van der Waals surface area contributed by atoms with Crippen molar-refractivity contribution in [1.82, 2.24) is 9.88 Å². The highest BCUT2D eigenvalue weighted by Crippen LogP contribution is 2.18. The lowest BCUT2D eigenvalue weighted by molar-refractivity contribution is 0.0745. The van der Waals surface area contributed by atoms with Crippen LogP contribution in [0.4, 0.5) is 5.82 Å². The zero-order valence-electron chi connectivity index (χ0n) is 11.8. The van der Waals surface area contributed by atoms with Crippen molar-refractivity contribution >= 4 is 27.7 Å². The summed E-state index contributed by atoms with van der Waals surface area (Å²) in [6, 6.07) is 5.71. The van der Waals surface area contributed by atoms with Crippen LogP contribution < -0.4 is 4.90 Å². The van der Waals surface area contributed by atoms with Gasteiger partial charge in [-0.2, -0.15) is 0 Å². The van der Waals surface area contributed by atoms with E-state index >= 15 is 0 Å². The first-order valence-electron chi connectivity index (χ1n) is 6.85. The van der Waals surface area contributed by atoms with Gasteiger partial charge >= 0.3 is 0 Å². The van der Waals surface area contributed by atoms with E-state index in [-0.39, 0.29) is 5.91 Å². The number of hydrogen-bond donors (Lipinski definition) is 0. The van der Waals surface area contributed by atoms with E-state index in [1.165, 1.54) is 0 Å². The first-order valence-corrected chi connectivity index (χ1v) is 7.64. The molecule has 1 aliphatic heterocycles. The Kier molecular flexibility index (Phi) is 3.96. The number of nitrogens with zero attached hydrogens (tertiary/aromatic N) is 3. The number of pyridine rings is 1. The average Bonchev–Trinajstić information content (AvgIpc) is 2.94. The third-order valence-corrected chi connectivity index (χ3v) is 4.16. The van der Waals surface area contributed by atoms with Crippen molar-refractivity contribution in [2.45, 2.75) is 6.92 Å². The molecule has 1 fully saturated rings. The molecule has 0 atom stereocenters. The number of aryl methyl sites for hydroxylation is 1. The quantitative estimate of drug-likeness (QED) is 0.836. The second kappa shape index (κ2) is 5.89. The van der Waals surface area contributed by atoms with Gasteiger partial charge in [-0.15, -0.1) is 0 Å². The molecule has 2 aromatic heterocycles. The number of hydrogen-bond acceptors (Lipinski definition) is 4. The number of anilines is 1. The summed E-state index contributed by atoms with van der Waals surface area (Å²) in [5.74, 6) is 1.67. The molecule has 1 amide bonds.